The lowest BCUT2D eigenvalue weighted by molar-refractivity contribution is -0.0258. The molecule has 3 aromatic rings. The molecule has 0 atom stereocenters. The Bertz CT molecular complexity index is 1110. The van der Waals surface area contributed by atoms with Crippen molar-refractivity contribution < 1.29 is 22.8 Å². The van der Waals surface area contributed by atoms with Crippen LogP contribution in [0.15, 0.2) is 65.8 Å². The maximum absolute atomic E-state index is 12.4. The summed E-state index contributed by atoms with van der Waals surface area (Å²) in [4.78, 5) is 21.4. The summed E-state index contributed by atoms with van der Waals surface area (Å²) in [5, 5.41) is 2.73. The molecule has 30 heavy (non-hydrogen) atoms. The van der Waals surface area contributed by atoms with E-state index < -0.39 is 10.0 Å². The van der Waals surface area contributed by atoms with Crippen LogP contribution in [0.3, 0.4) is 0 Å². The maximum Gasteiger partial charge on any atom is 0.264 e. The first-order chi connectivity index (χ1) is 14.3. The predicted octanol–water partition coefficient (Wildman–Crippen LogP) is 2.43. The molecular weight excluding hydrogens is 408 g/mol. The van der Waals surface area contributed by atoms with Gasteiger partial charge in [0, 0.05) is 37.7 Å². The number of carbonyl (C=O) groups excluding carboxylic acids is 1. The number of nitrogens with zero attached hydrogens (tertiary/aromatic N) is 3. The van der Waals surface area contributed by atoms with Crippen molar-refractivity contribution in [2.45, 2.75) is 11.5 Å². The van der Waals surface area contributed by atoms with Crippen molar-refractivity contribution in [3.63, 3.8) is 0 Å². The van der Waals surface area contributed by atoms with E-state index in [1.165, 1.54) is 38.4 Å². The summed E-state index contributed by atoms with van der Waals surface area (Å²) in [5.74, 6) is 1.08. The van der Waals surface area contributed by atoms with Gasteiger partial charge in [-0.3, -0.25) is 9.63 Å². The number of aryl methyl sites for hydroxylation is 1. The number of hydroxylamine groups is 1. The van der Waals surface area contributed by atoms with Gasteiger partial charge in [0.1, 0.15) is 18.2 Å². The number of hydrogen-bond donors (Lipinski definition) is 1. The fourth-order valence-corrected chi connectivity index (χ4v) is 3.52. The molecule has 1 heterocycles. The van der Waals surface area contributed by atoms with Crippen molar-refractivity contribution in [2.75, 3.05) is 19.5 Å². The molecule has 3 rings (SSSR count). The highest BCUT2D eigenvalue weighted by Crippen LogP contribution is 2.19. The lowest BCUT2D eigenvalue weighted by atomic mass is 10.2. The van der Waals surface area contributed by atoms with Gasteiger partial charge in [0.05, 0.1) is 12.0 Å². The second-order valence-electron chi connectivity index (χ2n) is 6.34. The van der Waals surface area contributed by atoms with Crippen molar-refractivity contribution in [1.29, 1.82) is 0 Å². The summed E-state index contributed by atoms with van der Waals surface area (Å²) in [7, 11) is 0.714. The molecule has 1 N–H and O–H groups in total. The number of ether oxygens (including phenoxy) is 1. The van der Waals surface area contributed by atoms with Crippen molar-refractivity contribution >= 4 is 21.6 Å². The lowest BCUT2D eigenvalue weighted by Gasteiger charge is -2.14. The Morgan fingerprint density at radius 2 is 1.80 bits per heavy atom. The fourth-order valence-electron chi connectivity index (χ4n) is 2.55. The van der Waals surface area contributed by atoms with Crippen LogP contribution in [-0.2, 0) is 28.5 Å². The zero-order chi connectivity index (χ0) is 21.7. The van der Waals surface area contributed by atoms with Gasteiger partial charge in [0.15, 0.2) is 0 Å². The number of amides is 1. The van der Waals surface area contributed by atoms with Crippen molar-refractivity contribution in [1.82, 2.24) is 14.0 Å². The van der Waals surface area contributed by atoms with Crippen LogP contribution in [-0.4, -0.2) is 42.5 Å². The van der Waals surface area contributed by atoms with E-state index in [1.807, 2.05) is 17.8 Å². The van der Waals surface area contributed by atoms with Crippen molar-refractivity contribution in [2.24, 2.45) is 7.05 Å². The van der Waals surface area contributed by atoms with E-state index in [4.69, 9.17) is 9.57 Å². The second kappa shape index (κ2) is 9.08. The number of anilines is 1. The molecule has 0 aliphatic heterocycles. The standard InChI is InChI=1S/C20H22N4O5S/c1-23-13-12-21-19(23)14-29-17-8-4-15(5-9-17)20(25)22-16-6-10-18(11-7-16)30(26,27)24(2)28-3/h4-13H,14H2,1-3H3,(H,22,25). The van der Waals surface area contributed by atoms with Crippen LogP contribution in [0.25, 0.3) is 0 Å². The third kappa shape index (κ3) is 4.85. The van der Waals surface area contributed by atoms with Gasteiger partial charge in [-0.25, -0.2) is 13.4 Å². The number of aromatic nitrogens is 2. The molecule has 0 saturated heterocycles. The molecule has 1 aromatic heterocycles. The van der Waals surface area contributed by atoms with Gasteiger partial charge in [0.25, 0.3) is 15.9 Å². The Morgan fingerprint density at radius 3 is 2.37 bits per heavy atom. The SMILES string of the molecule is CON(C)S(=O)(=O)c1ccc(NC(=O)c2ccc(OCc3nccn3C)cc2)cc1. The van der Waals surface area contributed by atoms with Crippen LogP contribution in [0.4, 0.5) is 5.69 Å². The largest absolute Gasteiger partial charge is 0.486 e. The van der Waals surface area contributed by atoms with Crippen LogP contribution in [0, 0.1) is 0 Å². The quantitative estimate of drug-likeness (QED) is 0.551. The second-order valence-corrected chi connectivity index (χ2v) is 8.28. The average molecular weight is 430 g/mol. The van der Waals surface area contributed by atoms with Crippen LogP contribution in [0.5, 0.6) is 5.75 Å². The first-order valence-corrected chi connectivity index (χ1v) is 10.4. The zero-order valence-electron chi connectivity index (χ0n) is 16.8. The van der Waals surface area contributed by atoms with Gasteiger partial charge in [-0.15, -0.1) is 0 Å². The number of hydrogen-bond acceptors (Lipinski definition) is 6. The minimum absolute atomic E-state index is 0.0547. The van der Waals surface area contributed by atoms with Crippen molar-refractivity contribution in [3.05, 3.63) is 72.3 Å². The van der Waals surface area contributed by atoms with Gasteiger partial charge in [-0.2, -0.15) is 0 Å². The average Bonchev–Trinajstić information content (AvgIpc) is 3.17. The Kier molecular flexibility index (Phi) is 6.50. The molecule has 2 aromatic carbocycles. The molecule has 0 bridgehead atoms. The summed E-state index contributed by atoms with van der Waals surface area (Å²) < 4.78 is 32.7. The molecule has 0 aliphatic rings. The van der Waals surface area contributed by atoms with Crippen LogP contribution in [0.2, 0.25) is 0 Å². The topological polar surface area (TPSA) is 103 Å². The molecule has 0 unspecified atom stereocenters. The molecule has 0 radical (unpaired) electrons. The number of carbonyl (C=O) groups is 1. The van der Waals surface area contributed by atoms with E-state index in [9.17, 15) is 13.2 Å². The maximum atomic E-state index is 12.4. The summed E-state index contributed by atoms with van der Waals surface area (Å²) in [6.07, 6.45) is 3.54. The molecule has 158 valence electrons. The third-order valence-corrected chi connectivity index (χ3v) is 6.10. The zero-order valence-corrected chi connectivity index (χ0v) is 17.6. The minimum atomic E-state index is -3.74. The molecule has 1 amide bonds. The van der Waals surface area contributed by atoms with E-state index in [0.717, 1.165) is 10.3 Å². The van der Waals surface area contributed by atoms with Crippen LogP contribution >= 0.6 is 0 Å². The minimum Gasteiger partial charge on any atom is -0.486 e. The number of sulfonamides is 1. The van der Waals surface area contributed by atoms with E-state index in [0.29, 0.717) is 23.6 Å². The summed E-state index contributed by atoms with van der Waals surface area (Å²) in [6, 6.07) is 12.5. The van der Waals surface area contributed by atoms with Gasteiger partial charge in [0.2, 0.25) is 0 Å². The van der Waals surface area contributed by atoms with Crippen LogP contribution < -0.4 is 10.1 Å². The van der Waals surface area contributed by atoms with Gasteiger partial charge < -0.3 is 14.6 Å². The smallest absolute Gasteiger partial charge is 0.264 e. The van der Waals surface area contributed by atoms with Crippen LogP contribution in [0.1, 0.15) is 16.2 Å². The summed E-state index contributed by atoms with van der Waals surface area (Å²) in [5.41, 5.74) is 0.907. The molecular formula is C20H22N4O5S. The van der Waals surface area contributed by atoms with Gasteiger partial charge >= 0.3 is 0 Å². The van der Waals surface area contributed by atoms with E-state index >= 15 is 0 Å². The molecule has 9 nitrogen and oxygen atoms in total. The first-order valence-electron chi connectivity index (χ1n) is 8.95. The number of rotatable bonds is 8. The number of benzene rings is 2. The molecule has 0 spiro atoms. The molecule has 0 fully saturated rings. The fraction of sp³-hybridized carbons (Fsp3) is 0.200. The van der Waals surface area contributed by atoms with Gasteiger partial charge in [-0.1, -0.05) is 4.47 Å². The summed E-state index contributed by atoms with van der Waals surface area (Å²) >= 11 is 0. The Morgan fingerprint density at radius 1 is 1.13 bits per heavy atom. The number of nitrogens with one attached hydrogen (secondary N) is 1. The molecule has 0 saturated carbocycles. The summed E-state index contributed by atoms with van der Waals surface area (Å²) in [6.45, 7) is 0.322. The highest BCUT2D eigenvalue weighted by molar-refractivity contribution is 7.89. The lowest BCUT2D eigenvalue weighted by Crippen LogP contribution is -2.25. The van der Waals surface area contributed by atoms with Crippen molar-refractivity contribution in [3.8, 4) is 5.75 Å². The first kappa shape index (κ1) is 21.5. The van der Waals surface area contributed by atoms with Gasteiger partial charge in [-0.05, 0) is 48.5 Å². The predicted molar refractivity (Wildman–Crippen MR) is 110 cm³/mol. The van der Waals surface area contributed by atoms with E-state index in [-0.39, 0.29) is 10.8 Å². The Hall–Kier alpha value is -3.21. The molecule has 10 heteroatoms. The number of imidazole rings is 1. The third-order valence-electron chi connectivity index (χ3n) is 4.41. The molecule has 0 aliphatic carbocycles. The highest BCUT2D eigenvalue weighted by Gasteiger charge is 2.20. The Balaban J connectivity index is 1.61. The highest BCUT2D eigenvalue weighted by atomic mass is 32.2. The monoisotopic (exact) mass is 430 g/mol. The normalized spacial score (nSPS) is 11.5. The van der Waals surface area contributed by atoms with E-state index in [1.54, 1.807) is 30.5 Å². The Labute approximate surface area is 174 Å². The van der Waals surface area contributed by atoms with E-state index in [2.05, 4.69) is 10.3 Å².